The number of pyridine rings is 2. The molecule has 3 heterocycles. The fourth-order valence-electron chi connectivity index (χ4n) is 3.11. The van der Waals surface area contributed by atoms with Gasteiger partial charge in [-0.25, -0.2) is 4.98 Å². The van der Waals surface area contributed by atoms with Gasteiger partial charge >= 0.3 is 0 Å². The van der Waals surface area contributed by atoms with Crippen LogP contribution in [0.1, 0.15) is 10.5 Å². The summed E-state index contributed by atoms with van der Waals surface area (Å²) in [5.41, 5.74) is 3.06. The van der Waals surface area contributed by atoms with E-state index in [2.05, 4.69) is 25.4 Å². The molecule has 144 valence electrons. The average Bonchev–Trinajstić information content (AvgIpc) is 3.30. The number of anilines is 1. The van der Waals surface area contributed by atoms with Crippen LogP contribution in [0.5, 0.6) is 0 Å². The second kappa shape index (κ2) is 7.56. The number of para-hydroxylation sites is 2. The monoisotopic (exact) mass is 393 g/mol. The van der Waals surface area contributed by atoms with E-state index in [4.69, 9.17) is 4.52 Å². The Morgan fingerprint density at radius 2 is 1.63 bits per heavy atom. The Labute approximate surface area is 171 Å². The molecule has 0 aliphatic rings. The first-order valence-corrected chi connectivity index (χ1v) is 9.28. The smallest absolute Gasteiger partial charge is 0.274 e. The third-order valence-corrected chi connectivity index (χ3v) is 4.60. The molecule has 0 unspecified atom stereocenters. The van der Waals surface area contributed by atoms with Crippen molar-refractivity contribution in [2.24, 2.45) is 0 Å². The Bertz CT molecular complexity index is 1350. The molecule has 0 radical (unpaired) electrons. The number of carbonyl (C=O) groups excluding carboxylic acids is 1. The summed E-state index contributed by atoms with van der Waals surface area (Å²) in [4.78, 5) is 25.7. The summed E-state index contributed by atoms with van der Waals surface area (Å²) in [6.45, 7) is 0. The predicted molar refractivity (Wildman–Crippen MR) is 113 cm³/mol. The van der Waals surface area contributed by atoms with E-state index in [1.54, 1.807) is 36.7 Å². The topological polar surface area (TPSA) is 93.8 Å². The van der Waals surface area contributed by atoms with Gasteiger partial charge in [0.15, 0.2) is 0 Å². The molecular formula is C23H15N5O2. The molecule has 0 aliphatic heterocycles. The van der Waals surface area contributed by atoms with E-state index >= 15 is 0 Å². The summed E-state index contributed by atoms with van der Waals surface area (Å²) in [5.74, 6) is 0.441. The van der Waals surface area contributed by atoms with Crippen molar-refractivity contribution in [3.63, 3.8) is 0 Å². The molecule has 0 saturated carbocycles. The number of nitrogens with zero attached hydrogens (tertiary/aromatic N) is 4. The largest absolute Gasteiger partial charge is 0.334 e. The summed E-state index contributed by atoms with van der Waals surface area (Å²) < 4.78 is 5.44. The maximum Gasteiger partial charge on any atom is 0.274 e. The number of hydrogen-bond acceptors (Lipinski definition) is 6. The van der Waals surface area contributed by atoms with Crippen LogP contribution < -0.4 is 5.32 Å². The van der Waals surface area contributed by atoms with Crippen LogP contribution >= 0.6 is 0 Å². The number of rotatable bonds is 4. The SMILES string of the molecule is O=C(Nc1ccccc1-c1nc(-c2ccncc2)no1)c1ccc2ccccc2n1. The minimum Gasteiger partial charge on any atom is -0.334 e. The second-order valence-corrected chi connectivity index (χ2v) is 6.55. The Morgan fingerprint density at radius 3 is 2.53 bits per heavy atom. The van der Waals surface area contributed by atoms with Gasteiger partial charge in [0.25, 0.3) is 11.8 Å². The van der Waals surface area contributed by atoms with E-state index in [-0.39, 0.29) is 5.91 Å². The van der Waals surface area contributed by atoms with Crippen molar-refractivity contribution in [2.45, 2.75) is 0 Å². The molecule has 7 nitrogen and oxygen atoms in total. The minimum atomic E-state index is -0.318. The van der Waals surface area contributed by atoms with Gasteiger partial charge in [-0.3, -0.25) is 9.78 Å². The van der Waals surface area contributed by atoms with Gasteiger partial charge in [0, 0.05) is 23.3 Å². The van der Waals surface area contributed by atoms with Gasteiger partial charge in [-0.2, -0.15) is 4.98 Å². The molecule has 0 aliphatic carbocycles. The van der Waals surface area contributed by atoms with Crippen LogP contribution in [0.25, 0.3) is 33.7 Å². The van der Waals surface area contributed by atoms with Gasteiger partial charge in [-0.05, 0) is 36.4 Å². The molecule has 0 bridgehead atoms. The highest BCUT2D eigenvalue weighted by Gasteiger charge is 2.16. The lowest BCUT2D eigenvalue weighted by Gasteiger charge is -2.08. The van der Waals surface area contributed by atoms with Crippen LogP contribution in [0.2, 0.25) is 0 Å². The highest BCUT2D eigenvalue weighted by molar-refractivity contribution is 6.05. The molecule has 1 amide bonds. The summed E-state index contributed by atoms with van der Waals surface area (Å²) in [5, 5.41) is 7.91. The molecule has 0 fully saturated rings. The lowest BCUT2D eigenvalue weighted by Crippen LogP contribution is -2.14. The number of hydrogen-bond donors (Lipinski definition) is 1. The first-order valence-electron chi connectivity index (χ1n) is 9.28. The fraction of sp³-hybridized carbons (Fsp3) is 0. The van der Waals surface area contributed by atoms with E-state index < -0.39 is 0 Å². The molecule has 5 aromatic rings. The Hall–Kier alpha value is -4.39. The molecule has 3 aromatic heterocycles. The zero-order valence-corrected chi connectivity index (χ0v) is 15.7. The van der Waals surface area contributed by atoms with Crippen molar-refractivity contribution in [3.05, 3.63) is 90.9 Å². The molecule has 7 heteroatoms. The first-order chi connectivity index (χ1) is 14.8. The molecule has 0 saturated heterocycles. The first kappa shape index (κ1) is 17.7. The number of benzene rings is 2. The van der Waals surface area contributed by atoms with Crippen LogP contribution in [0, 0.1) is 0 Å². The molecule has 2 aromatic carbocycles. The maximum atomic E-state index is 12.8. The minimum absolute atomic E-state index is 0.309. The summed E-state index contributed by atoms with van der Waals surface area (Å²) in [7, 11) is 0. The van der Waals surface area contributed by atoms with Crippen LogP contribution in [-0.4, -0.2) is 26.0 Å². The van der Waals surface area contributed by atoms with Gasteiger partial charge in [-0.1, -0.05) is 41.6 Å². The van der Waals surface area contributed by atoms with Crippen molar-refractivity contribution in [2.75, 3.05) is 5.32 Å². The average molecular weight is 393 g/mol. The van der Waals surface area contributed by atoms with E-state index in [9.17, 15) is 4.79 Å². The van der Waals surface area contributed by atoms with E-state index in [1.165, 1.54) is 0 Å². The summed E-state index contributed by atoms with van der Waals surface area (Å²) >= 11 is 0. The van der Waals surface area contributed by atoms with Crippen LogP contribution in [-0.2, 0) is 0 Å². The third-order valence-electron chi connectivity index (χ3n) is 4.60. The van der Waals surface area contributed by atoms with Crippen LogP contribution in [0.4, 0.5) is 5.69 Å². The van der Waals surface area contributed by atoms with Gasteiger partial charge in [-0.15, -0.1) is 0 Å². The zero-order valence-electron chi connectivity index (χ0n) is 15.7. The highest BCUT2D eigenvalue weighted by Crippen LogP contribution is 2.28. The molecule has 30 heavy (non-hydrogen) atoms. The van der Waals surface area contributed by atoms with Gasteiger partial charge < -0.3 is 9.84 Å². The number of amides is 1. The maximum absolute atomic E-state index is 12.8. The standard InChI is InChI=1S/C23H15N5O2/c29-22(20-10-9-15-5-1-3-7-18(15)25-20)26-19-8-4-2-6-17(19)23-27-21(28-30-23)16-11-13-24-14-12-16/h1-14H,(H,26,29). The van der Waals surface area contributed by atoms with Crippen LogP contribution in [0.3, 0.4) is 0 Å². The van der Waals surface area contributed by atoms with Gasteiger partial charge in [0.2, 0.25) is 5.82 Å². The zero-order chi connectivity index (χ0) is 20.3. The summed E-state index contributed by atoms with van der Waals surface area (Å²) in [6.07, 6.45) is 3.33. The van der Waals surface area contributed by atoms with Crippen molar-refractivity contribution < 1.29 is 9.32 Å². The van der Waals surface area contributed by atoms with Gasteiger partial charge in [0.05, 0.1) is 16.8 Å². The third kappa shape index (κ3) is 3.40. The molecule has 5 rings (SSSR count). The van der Waals surface area contributed by atoms with Gasteiger partial charge in [0.1, 0.15) is 5.69 Å². The van der Waals surface area contributed by atoms with E-state index in [0.29, 0.717) is 28.7 Å². The Kier molecular flexibility index (Phi) is 4.46. The molecular weight excluding hydrogens is 378 g/mol. The molecule has 0 atom stereocenters. The lowest BCUT2D eigenvalue weighted by molar-refractivity contribution is 0.102. The lowest BCUT2D eigenvalue weighted by atomic mass is 10.1. The Balaban J connectivity index is 1.45. The molecule has 0 spiro atoms. The van der Waals surface area contributed by atoms with Crippen molar-refractivity contribution in [3.8, 4) is 22.8 Å². The van der Waals surface area contributed by atoms with E-state index in [0.717, 1.165) is 16.5 Å². The number of fused-ring (bicyclic) bond motifs is 1. The Morgan fingerprint density at radius 1 is 0.833 bits per heavy atom. The number of aromatic nitrogens is 4. The normalized spacial score (nSPS) is 10.8. The fourth-order valence-corrected chi connectivity index (χ4v) is 3.11. The highest BCUT2D eigenvalue weighted by atomic mass is 16.5. The number of nitrogens with one attached hydrogen (secondary N) is 1. The quantitative estimate of drug-likeness (QED) is 0.480. The van der Waals surface area contributed by atoms with Crippen molar-refractivity contribution in [1.29, 1.82) is 0 Å². The second-order valence-electron chi connectivity index (χ2n) is 6.55. The van der Waals surface area contributed by atoms with Crippen LogP contribution in [0.15, 0.2) is 89.7 Å². The van der Waals surface area contributed by atoms with E-state index in [1.807, 2.05) is 48.5 Å². The van der Waals surface area contributed by atoms with Crippen molar-refractivity contribution >= 4 is 22.5 Å². The number of carbonyl (C=O) groups is 1. The predicted octanol–water partition coefficient (Wildman–Crippen LogP) is 4.60. The summed E-state index contributed by atoms with van der Waals surface area (Å²) in [6, 6.07) is 22.1. The van der Waals surface area contributed by atoms with Crippen molar-refractivity contribution in [1.82, 2.24) is 20.1 Å². The molecule has 1 N–H and O–H groups in total.